The molecule has 4 heteroatoms. The molecule has 0 aromatic rings. The lowest BCUT2D eigenvalue weighted by Gasteiger charge is -2.45. The maximum absolute atomic E-state index is 9.39. The quantitative estimate of drug-likeness (QED) is 0.749. The first kappa shape index (κ1) is 17.4. The van der Waals surface area contributed by atoms with Gasteiger partial charge >= 0.3 is 0 Å². The molecule has 1 rings (SSSR count). The van der Waals surface area contributed by atoms with Gasteiger partial charge in [-0.2, -0.15) is 5.26 Å². The summed E-state index contributed by atoms with van der Waals surface area (Å²) in [6.45, 7) is 8.09. The largest absolute Gasteiger partial charge is 0.395 e. The third kappa shape index (κ3) is 4.18. The van der Waals surface area contributed by atoms with Crippen molar-refractivity contribution in [2.24, 2.45) is 17.3 Å². The third-order valence-electron chi connectivity index (χ3n) is 5.24. The van der Waals surface area contributed by atoms with E-state index in [-0.39, 0.29) is 25.2 Å². The second kappa shape index (κ2) is 7.97. The fourth-order valence-electron chi connectivity index (χ4n) is 3.40. The molecule has 0 saturated heterocycles. The molecule has 1 aliphatic rings. The zero-order valence-electron chi connectivity index (χ0n) is 13.2. The van der Waals surface area contributed by atoms with Gasteiger partial charge in [0.05, 0.1) is 25.2 Å². The number of hydrogen-bond donors (Lipinski definition) is 2. The Labute approximate surface area is 123 Å². The van der Waals surface area contributed by atoms with Gasteiger partial charge in [-0.25, -0.2) is 0 Å². The second-order valence-electron chi connectivity index (χ2n) is 6.64. The van der Waals surface area contributed by atoms with Crippen LogP contribution in [0.3, 0.4) is 0 Å². The van der Waals surface area contributed by atoms with E-state index in [2.05, 4.69) is 31.7 Å². The number of hydrogen-bond acceptors (Lipinski definition) is 4. The van der Waals surface area contributed by atoms with Crippen molar-refractivity contribution in [2.45, 2.75) is 52.5 Å². The Bertz CT molecular complexity index is 319. The van der Waals surface area contributed by atoms with E-state index in [0.29, 0.717) is 24.4 Å². The summed E-state index contributed by atoms with van der Waals surface area (Å²) < 4.78 is 0. The molecule has 116 valence electrons. The first-order chi connectivity index (χ1) is 9.50. The van der Waals surface area contributed by atoms with Gasteiger partial charge in [-0.3, -0.25) is 4.90 Å². The Balaban J connectivity index is 2.84. The summed E-state index contributed by atoms with van der Waals surface area (Å²) in [5.74, 6) is 0.638. The smallest absolute Gasteiger partial charge is 0.0672 e. The minimum Gasteiger partial charge on any atom is -0.395 e. The lowest BCUT2D eigenvalue weighted by atomic mass is 9.66. The van der Waals surface area contributed by atoms with Crippen molar-refractivity contribution in [3.05, 3.63) is 0 Å². The van der Waals surface area contributed by atoms with Crippen LogP contribution in [0.5, 0.6) is 0 Å². The van der Waals surface area contributed by atoms with Gasteiger partial charge in [0, 0.05) is 19.1 Å². The van der Waals surface area contributed by atoms with Gasteiger partial charge in [-0.15, -0.1) is 0 Å². The van der Waals surface area contributed by atoms with Crippen molar-refractivity contribution >= 4 is 0 Å². The molecule has 0 aromatic heterocycles. The highest BCUT2D eigenvalue weighted by atomic mass is 16.3. The lowest BCUT2D eigenvalue weighted by molar-refractivity contribution is 0.0340. The van der Waals surface area contributed by atoms with Crippen LogP contribution < -0.4 is 0 Å². The molecule has 0 spiro atoms. The van der Waals surface area contributed by atoms with Crippen LogP contribution in [0.15, 0.2) is 0 Å². The first-order valence-corrected chi connectivity index (χ1v) is 7.85. The topological polar surface area (TPSA) is 67.5 Å². The molecule has 1 saturated carbocycles. The number of aliphatic hydroxyl groups is 2. The molecule has 0 heterocycles. The maximum Gasteiger partial charge on any atom is 0.0672 e. The van der Waals surface area contributed by atoms with Crippen molar-refractivity contribution in [3.8, 4) is 6.07 Å². The normalized spacial score (nSPS) is 27.6. The number of nitrogens with zero attached hydrogens (tertiary/aromatic N) is 2. The van der Waals surface area contributed by atoms with Crippen LogP contribution in [0.4, 0.5) is 0 Å². The van der Waals surface area contributed by atoms with Crippen LogP contribution in [0.25, 0.3) is 0 Å². The van der Waals surface area contributed by atoms with E-state index in [4.69, 9.17) is 0 Å². The predicted molar refractivity (Wildman–Crippen MR) is 80.0 cm³/mol. The molecule has 0 aliphatic heterocycles. The Kier molecular flexibility index (Phi) is 6.94. The Morgan fingerprint density at radius 3 is 2.25 bits per heavy atom. The first-order valence-electron chi connectivity index (χ1n) is 7.85. The van der Waals surface area contributed by atoms with Crippen molar-refractivity contribution in [1.82, 2.24) is 4.90 Å². The fraction of sp³-hybridized carbons (Fsp3) is 0.938. The van der Waals surface area contributed by atoms with Gasteiger partial charge in [0.2, 0.25) is 0 Å². The average molecular weight is 282 g/mol. The third-order valence-corrected chi connectivity index (χ3v) is 5.24. The van der Waals surface area contributed by atoms with E-state index >= 15 is 0 Å². The highest BCUT2D eigenvalue weighted by Crippen LogP contribution is 2.43. The Hall–Kier alpha value is -0.630. The molecule has 0 aromatic carbocycles. The summed E-state index contributed by atoms with van der Waals surface area (Å²) >= 11 is 0. The summed E-state index contributed by atoms with van der Waals surface area (Å²) in [5, 5.41) is 27.8. The van der Waals surface area contributed by atoms with Gasteiger partial charge in [0.25, 0.3) is 0 Å². The van der Waals surface area contributed by atoms with E-state index in [9.17, 15) is 15.5 Å². The molecule has 0 bridgehead atoms. The van der Waals surface area contributed by atoms with Gasteiger partial charge in [-0.1, -0.05) is 27.2 Å². The molecule has 0 radical (unpaired) electrons. The number of rotatable bonds is 7. The van der Waals surface area contributed by atoms with Crippen LogP contribution in [0.2, 0.25) is 0 Å². The van der Waals surface area contributed by atoms with E-state index in [1.54, 1.807) is 0 Å². The molecule has 4 nitrogen and oxygen atoms in total. The Morgan fingerprint density at radius 2 is 1.80 bits per heavy atom. The molecule has 1 aliphatic carbocycles. The monoisotopic (exact) mass is 282 g/mol. The van der Waals surface area contributed by atoms with Gasteiger partial charge < -0.3 is 10.2 Å². The SMILES string of the molecule is CCC(C)(C)C1CCC(C#N)C(N(CCO)CCO)C1. The van der Waals surface area contributed by atoms with Gasteiger partial charge in [0.1, 0.15) is 0 Å². The summed E-state index contributed by atoms with van der Waals surface area (Å²) in [6.07, 6.45) is 4.19. The zero-order chi connectivity index (χ0) is 15.2. The minimum absolute atomic E-state index is 0.0250. The van der Waals surface area contributed by atoms with Gasteiger partial charge in [0.15, 0.2) is 0 Å². The molecule has 0 amide bonds. The molecule has 1 fully saturated rings. The highest BCUT2D eigenvalue weighted by Gasteiger charge is 2.39. The molecular weight excluding hydrogens is 252 g/mol. The second-order valence-corrected chi connectivity index (χ2v) is 6.64. The van der Waals surface area contributed by atoms with E-state index < -0.39 is 0 Å². The van der Waals surface area contributed by atoms with Crippen LogP contribution in [0.1, 0.15) is 46.5 Å². The molecule has 20 heavy (non-hydrogen) atoms. The standard InChI is InChI=1S/C16H30N2O2/c1-4-16(2,3)14-6-5-13(12-17)15(11-14)18(7-9-19)8-10-20/h13-15,19-20H,4-11H2,1-3H3. The van der Waals surface area contributed by atoms with Crippen LogP contribution in [0, 0.1) is 28.6 Å². The minimum atomic E-state index is 0.0250. The molecule has 2 N–H and O–H groups in total. The van der Waals surface area contributed by atoms with Crippen molar-refractivity contribution in [1.29, 1.82) is 5.26 Å². The van der Waals surface area contributed by atoms with E-state index in [1.807, 2.05) is 0 Å². The summed E-state index contributed by atoms with van der Waals surface area (Å²) in [7, 11) is 0. The van der Waals surface area contributed by atoms with E-state index in [0.717, 1.165) is 25.7 Å². The van der Waals surface area contributed by atoms with Crippen LogP contribution in [-0.4, -0.2) is 47.5 Å². The molecule has 3 unspecified atom stereocenters. The van der Waals surface area contributed by atoms with Gasteiger partial charge in [-0.05, 0) is 30.6 Å². The predicted octanol–water partition coefficient (Wildman–Crippen LogP) is 2.02. The van der Waals surface area contributed by atoms with E-state index in [1.165, 1.54) is 0 Å². The fourth-order valence-corrected chi connectivity index (χ4v) is 3.40. The summed E-state index contributed by atoms with van der Waals surface area (Å²) in [4.78, 5) is 2.10. The average Bonchev–Trinajstić information content (AvgIpc) is 2.46. The van der Waals surface area contributed by atoms with Crippen molar-refractivity contribution in [2.75, 3.05) is 26.3 Å². The molecular formula is C16H30N2O2. The number of aliphatic hydroxyl groups excluding tert-OH is 2. The molecule has 3 atom stereocenters. The highest BCUT2D eigenvalue weighted by molar-refractivity contribution is 4.99. The Morgan fingerprint density at radius 1 is 1.20 bits per heavy atom. The number of nitriles is 1. The van der Waals surface area contributed by atoms with Crippen molar-refractivity contribution < 1.29 is 10.2 Å². The lowest BCUT2D eigenvalue weighted by Crippen LogP contribution is -2.48. The maximum atomic E-state index is 9.39. The summed E-state index contributed by atoms with van der Waals surface area (Å²) in [6, 6.07) is 2.61. The summed E-state index contributed by atoms with van der Waals surface area (Å²) in [5.41, 5.74) is 0.294. The van der Waals surface area contributed by atoms with Crippen LogP contribution >= 0.6 is 0 Å². The zero-order valence-corrected chi connectivity index (χ0v) is 13.2. The van der Waals surface area contributed by atoms with Crippen LogP contribution in [-0.2, 0) is 0 Å². The van der Waals surface area contributed by atoms with Crippen molar-refractivity contribution in [3.63, 3.8) is 0 Å².